The molecule has 1 aromatic carbocycles. The number of rotatable bonds is 6. The summed E-state index contributed by atoms with van der Waals surface area (Å²) >= 11 is 0. The first-order valence-electron chi connectivity index (χ1n) is 9.83. The Morgan fingerprint density at radius 2 is 1.89 bits per heavy atom. The molecule has 0 bridgehead atoms. The highest BCUT2D eigenvalue weighted by Crippen LogP contribution is 2.19. The van der Waals surface area contributed by atoms with Crippen LogP contribution in [0.15, 0.2) is 42.5 Å². The van der Waals surface area contributed by atoms with Crippen molar-refractivity contribution in [2.75, 3.05) is 13.1 Å². The molecule has 5 nitrogen and oxygen atoms in total. The first kappa shape index (κ1) is 19.4. The number of likely N-dealkylation sites (tertiary alicyclic amines) is 1. The van der Waals surface area contributed by atoms with Crippen LogP contribution in [0, 0.1) is 12.8 Å². The smallest absolute Gasteiger partial charge is 0.315 e. The van der Waals surface area contributed by atoms with Crippen molar-refractivity contribution in [3.63, 3.8) is 0 Å². The fourth-order valence-corrected chi connectivity index (χ4v) is 3.66. The Kier molecular flexibility index (Phi) is 6.82. The molecule has 2 N–H and O–H groups in total. The maximum atomic E-state index is 12.2. The number of hydrogen-bond donors (Lipinski definition) is 2. The van der Waals surface area contributed by atoms with Gasteiger partial charge in [0, 0.05) is 25.3 Å². The highest BCUT2D eigenvalue weighted by atomic mass is 16.2. The molecule has 3 rings (SSSR count). The Hall–Kier alpha value is -2.40. The first-order chi connectivity index (χ1) is 13.1. The van der Waals surface area contributed by atoms with Crippen LogP contribution in [0.25, 0.3) is 0 Å². The van der Waals surface area contributed by atoms with Gasteiger partial charge in [0.15, 0.2) is 0 Å². The lowest BCUT2D eigenvalue weighted by molar-refractivity contribution is 0.176. The van der Waals surface area contributed by atoms with E-state index in [4.69, 9.17) is 0 Å². The molecule has 1 unspecified atom stereocenters. The van der Waals surface area contributed by atoms with Crippen molar-refractivity contribution in [3.05, 3.63) is 65.0 Å². The molecule has 2 amide bonds. The van der Waals surface area contributed by atoms with E-state index in [9.17, 15) is 4.79 Å². The molecule has 1 aliphatic rings. The number of aryl methyl sites for hydroxylation is 1. The fraction of sp³-hybridized carbons (Fsp3) is 0.455. The zero-order valence-corrected chi connectivity index (χ0v) is 16.4. The molecular weight excluding hydrogens is 336 g/mol. The molecule has 5 heteroatoms. The second-order valence-corrected chi connectivity index (χ2v) is 7.56. The average Bonchev–Trinajstić information content (AvgIpc) is 2.66. The van der Waals surface area contributed by atoms with E-state index < -0.39 is 0 Å². The van der Waals surface area contributed by atoms with Gasteiger partial charge in [-0.3, -0.25) is 9.88 Å². The second-order valence-electron chi connectivity index (χ2n) is 7.56. The molecule has 1 atom stereocenters. The summed E-state index contributed by atoms with van der Waals surface area (Å²) in [5.41, 5.74) is 4.30. The van der Waals surface area contributed by atoms with Crippen molar-refractivity contribution in [1.82, 2.24) is 20.5 Å². The third-order valence-electron chi connectivity index (χ3n) is 5.07. The largest absolute Gasteiger partial charge is 0.334 e. The summed E-state index contributed by atoms with van der Waals surface area (Å²) in [6.45, 7) is 8.52. The number of aromatic nitrogens is 1. The van der Waals surface area contributed by atoms with E-state index in [2.05, 4.69) is 45.6 Å². The number of benzene rings is 1. The number of nitrogens with zero attached hydrogens (tertiary/aromatic N) is 2. The van der Waals surface area contributed by atoms with Gasteiger partial charge in [-0.2, -0.15) is 0 Å². The summed E-state index contributed by atoms with van der Waals surface area (Å²) < 4.78 is 0. The Morgan fingerprint density at radius 1 is 1.11 bits per heavy atom. The van der Waals surface area contributed by atoms with Gasteiger partial charge < -0.3 is 10.6 Å². The van der Waals surface area contributed by atoms with Crippen molar-refractivity contribution in [2.24, 2.45) is 5.92 Å². The highest BCUT2D eigenvalue weighted by Gasteiger charge is 2.17. The van der Waals surface area contributed by atoms with Crippen LogP contribution in [-0.2, 0) is 19.6 Å². The number of piperidine rings is 1. The quantitative estimate of drug-likeness (QED) is 0.821. The number of amides is 2. The summed E-state index contributed by atoms with van der Waals surface area (Å²) in [5.74, 6) is 0.769. The number of hydrogen-bond acceptors (Lipinski definition) is 3. The third kappa shape index (κ3) is 6.07. The van der Waals surface area contributed by atoms with Gasteiger partial charge in [-0.1, -0.05) is 37.3 Å². The summed E-state index contributed by atoms with van der Waals surface area (Å²) in [4.78, 5) is 19.1. The molecule has 2 aromatic rings. The number of urea groups is 1. The molecule has 1 fully saturated rings. The van der Waals surface area contributed by atoms with Crippen LogP contribution in [0.2, 0.25) is 0 Å². The number of carbonyl (C=O) groups is 1. The van der Waals surface area contributed by atoms with Crippen LogP contribution >= 0.6 is 0 Å². The lowest BCUT2D eigenvalue weighted by Crippen LogP contribution is -2.36. The van der Waals surface area contributed by atoms with Crippen LogP contribution in [0.1, 0.15) is 42.3 Å². The third-order valence-corrected chi connectivity index (χ3v) is 5.07. The van der Waals surface area contributed by atoms with Crippen LogP contribution in [0.3, 0.4) is 0 Å². The fourth-order valence-electron chi connectivity index (χ4n) is 3.66. The minimum atomic E-state index is -0.167. The van der Waals surface area contributed by atoms with Gasteiger partial charge >= 0.3 is 6.03 Å². The summed E-state index contributed by atoms with van der Waals surface area (Å²) in [7, 11) is 0. The van der Waals surface area contributed by atoms with Gasteiger partial charge in [-0.25, -0.2) is 4.79 Å². The van der Waals surface area contributed by atoms with Crippen molar-refractivity contribution in [3.8, 4) is 0 Å². The zero-order chi connectivity index (χ0) is 19.1. The van der Waals surface area contributed by atoms with E-state index in [0.717, 1.165) is 36.9 Å². The monoisotopic (exact) mass is 366 g/mol. The van der Waals surface area contributed by atoms with Crippen LogP contribution < -0.4 is 10.6 Å². The van der Waals surface area contributed by atoms with Crippen molar-refractivity contribution < 1.29 is 4.79 Å². The van der Waals surface area contributed by atoms with Crippen LogP contribution in [0.4, 0.5) is 4.79 Å². The predicted octanol–water partition coefficient (Wildman–Crippen LogP) is 3.62. The predicted molar refractivity (Wildman–Crippen MR) is 108 cm³/mol. The van der Waals surface area contributed by atoms with Gasteiger partial charge in [0.05, 0.1) is 12.2 Å². The Bertz CT molecular complexity index is 761. The molecule has 0 aliphatic carbocycles. The average molecular weight is 367 g/mol. The van der Waals surface area contributed by atoms with Gasteiger partial charge in [-0.15, -0.1) is 0 Å². The molecule has 0 spiro atoms. The van der Waals surface area contributed by atoms with Crippen LogP contribution in [0.5, 0.6) is 0 Å². The molecule has 1 aromatic heterocycles. The summed E-state index contributed by atoms with van der Waals surface area (Å²) in [5, 5.41) is 5.85. The topological polar surface area (TPSA) is 57.3 Å². The van der Waals surface area contributed by atoms with Crippen molar-refractivity contribution in [2.45, 2.75) is 46.3 Å². The lowest BCUT2D eigenvalue weighted by atomic mass is 9.99. The molecule has 2 heterocycles. The minimum absolute atomic E-state index is 0.167. The molecular formula is C22H30N4O. The van der Waals surface area contributed by atoms with Crippen molar-refractivity contribution >= 4 is 6.03 Å². The molecule has 0 saturated carbocycles. The van der Waals surface area contributed by atoms with Gasteiger partial charge in [0.1, 0.15) is 0 Å². The SMILES string of the molecule is Cc1cccc(CNC(=O)NCc2ccccc2CN2CCCC(C)C2)n1. The highest BCUT2D eigenvalue weighted by molar-refractivity contribution is 5.73. The van der Waals surface area contributed by atoms with Crippen LogP contribution in [-0.4, -0.2) is 29.0 Å². The van der Waals surface area contributed by atoms with Crippen molar-refractivity contribution in [1.29, 1.82) is 0 Å². The zero-order valence-electron chi connectivity index (χ0n) is 16.4. The summed E-state index contributed by atoms with van der Waals surface area (Å²) in [6.07, 6.45) is 2.60. The van der Waals surface area contributed by atoms with E-state index in [0.29, 0.717) is 13.1 Å². The minimum Gasteiger partial charge on any atom is -0.334 e. The molecule has 0 radical (unpaired) electrons. The Labute approximate surface area is 162 Å². The summed E-state index contributed by atoms with van der Waals surface area (Å²) in [6, 6.07) is 14.0. The van der Waals surface area contributed by atoms with Gasteiger partial charge in [0.2, 0.25) is 0 Å². The van der Waals surface area contributed by atoms with E-state index in [-0.39, 0.29) is 6.03 Å². The first-order valence-corrected chi connectivity index (χ1v) is 9.83. The van der Waals surface area contributed by atoms with Gasteiger partial charge in [-0.05, 0) is 55.5 Å². The normalized spacial score (nSPS) is 17.5. The Balaban J connectivity index is 1.50. The molecule has 1 saturated heterocycles. The lowest BCUT2D eigenvalue weighted by Gasteiger charge is -2.31. The molecule has 1 aliphatic heterocycles. The molecule has 144 valence electrons. The van der Waals surface area contributed by atoms with E-state index in [1.807, 2.05) is 31.2 Å². The maximum absolute atomic E-state index is 12.2. The number of pyridine rings is 1. The number of nitrogens with one attached hydrogen (secondary N) is 2. The van der Waals surface area contributed by atoms with E-state index in [1.54, 1.807) is 0 Å². The molecule has 27 heavy (non-hydrogen) atoms. The maximum Gasteiger partial charge on any atom is 0.315 e. The standard InChI is InChI=1S/C22H30N4O/c1-17-7-6-12-26(15-17)16-20-10-4-3-9-19(20)13-23-22(27)24-14-21-11-5-8-18(2)25-21/h3-5,8-11,17H,6-7,12-16H2,1-2H3,(H2,23,24,27). The van der Waals surface area contributed by atoms with E-state index >= 15 is 0 Å². The second kappa shape index (κ2) is 9.51. The van der Waals surface area contributed by atoms with E-state index in [1.165, 1.54) is 24.0 Å². The Morgan fingerprint density at radius 3 is 2.67 bits per heavy atom. The number of carbonyl (C=O) groups excluding carboxylic acids is 1. The van der Waals surface area contributed by atoms with Gasteiger partial charge in [0.25, 0.3) is 0 Å².